The van der Waals surface area contributed by atoms with Crippen LogP contribution in [0.1, 0.15) is 49.2 Å². The zero-order valence-corrected chi connectivity index (χ0v) is 19.3. The highest BCUT2D eigenvalue weighted by Gasteiger charge is 2.52. The number of hydrogen-bond acceptors (Lipinski definition) is 3. The van der Waals surface area contributed by atoms with Gasteiger partial charge in [-0.05, 0) is 25.5 Å². The number of nitrogens with zero attached hydrogens (tertiary/aromatic N) is 3. The number of imidazole rings is 1. The first-order valence-corrected chi connectivity index (χ1v) is 11.1. The second-order valence-corrected chi connectivity index (χ2v) is 8.76. The summed E-state index contributed by atoms with van der Waals surface area (Å²) < 4.78 is 80.5. The van der Waals surface area contributed by atoms with Crippen molar-refractivity contribution in [3.05, 3.63) is 80.7 Å². The minimum absolute atomic E-state index is 0.0118. The SMILES string of the molecule is CCC1(CC)C(=c2oc(=O)c3cnc(C)n23)c2cc(F)c(C(F)(F)F)c(F)c2-c2cc(C)cc[n+]21. The Kier molecular flexibility index (Phi) is 4.95. The Bertz CT molecular complexity index is 1630. The van der Waals surface area contributed by atoms with Gasteiger partial charge in [0, 0.05) is 30.5 Å². The molecular weight excluding hydrogens is 469 g/mol. The van der Waals surface area contributed by atoms with Gasteiger partial charge in [0.2, 0.25) is 11.2 Å². The van der Waals surface area contributed by atoms with E-state index in [1.54, 1.807) is 36.7 Å². The topological polar surface area (TPSA) is 51.4 Å². The van der Waals surface area contributed by atoms with E-state index in [0.717, 1.165) is 0 Å². The molecule has 3 aromatic heterocycles. The minimum atomic E-state index is -5.25. The lowest BCUT2D eigenvalue weighted by Gasteiger charge is -2.35. The van der Waals surface area contributed by atoms with E-state index in [-0.39, 0.29) is 27.9 Å². The molecule has 5 nitrogen and oxygen atoms in total. The van der Waals surface area contributed by atoms with E-state index in [9.17, 15) is 22.4 Å². The van der Waals surface area contributed by atoms with Crippen molar-refractivity contribution >= 4 is 11.1 Å². The third-order valence-corrected chi connectivity index (χ3v) is 6.99. The van der Waals surface area contributed by atoms with Crippen molar-refractivity contribution in [2.24, 2.45) is 0 Å². The summed E-state index contributed by atoms with van der Waals surface area (Å²) in [4.78, 5) is 16.8. The average Bonchev–Trinajstić information content (AvgIpc) is 3.31. The molecule has 4 aromatic rings. The van der Waals surface area contributed by atoms with E-state index in [4.69, 9.17) is 4.42 Å². The number of halogens is 5. The van der Waals surface area contributed by atoms with Gasteiger partial charge in [0.1, 0.15) is 17.2 Å². The quantitative estimate of drug-likeness (QED) is 0.305. The zero-order chi connectivity index (χ0) is 25.4. The molecule has 1 aliphatic heterocycles. The van der Waals surface area contributed by atoms with E-state index in [0.29, 0.717) is 30.3 Å². The van der Waals surface area contributed by atoms with Crippen LogP contribution >= 0.6 is 0 Å². The van der Waals surface area contributed by atoms with Gasteiger partial charge in [-0.1, -0.05) is 13.8 Å². The fourth-order valence-electron chi connectivity index (χ4n) is 5.32. The van der Waals surface area contributed by atoms with Crippen molar-refractivity contribution in [1.82, 2.24) is 9.38 Å². The highest BCUT2D eigenvalue weighted by atomic mass is 19.4. The molecule has 0 saturated heterocycles. The Morgan fingerprint density at radius 2 is 1.83 bits per heavy atom. The maximum Gasteiger partial charge on any atom is 0.422 e. The highest BCUT2D eigenvalue weighted by Crippen LogP contribution is 2.47. The fraction of sp³-hybridized carbons (Fsp3) is 0.320. The molecule has 0 saturated carbocycles. The van der Waals surface area contributed by atoms with Gasteiger partial charge in [-0.3, -0.25) is 4.40 Å². The van der Waals surface area contributed by atoms with E-state index in [2.05, 4.69) is 4.98 Å². The molecule has 0 fully saturated rings. The van der Waals surface area contributed by atoms with Gasteiger partial charge in [0.05, 0.1) is 17.3 Å². The van der Waals surface area contributed by atoms with Gasteiger partial charge in [0.25, 0.3) is 0 Å². The number of aromatic nitrogens is 3. The maximum absolute atomic E-state index is 15.7. The third-order valence-electron chi connectivity index (χ3n) is 6.99. The smallest absolute Gasteiger partial charge is 0.404 e. The average molecular weight is 490 g/mol. The summed E-state index contributed by atoms with van der Waals surface area (Å²) in [6.45, 7) is 7.09. The molecule has 10 heteroatoms. The van der Waals surface area contributed by atoms with Crippen molar-refractivity contribution < 1.29 is 30.9 Å². The first kappa shape index (κ1) is 23.2. The fourth-order valence-corrected chi connectivity index (χ4v) is 5.32. The number of alkyl halides is 3. The van der Waals surface area contributed by atoms with Gasteiger partial charge >= 0.3 is 11.8 Å². The molecule has 0 spiro atoms. The second kappa shape index (κ2) is 7.47. The molecule has 182 valence electrons. The maximum atomic E-state index is 15.7. The number of benzene rings is 1. The van der Waals surface area contributed by atoms with Crippen molar-refractivity contribution in [2.75, 3.05) is 0 Å². The van der Waals surface area contributed by atoms with Crippen molar-refractivity contribution in [1.29, 1.82) is 0 Å². The van der Waals surface area contributed by atoms with Crippen LogP contribution in [0.5, 0.6) is 0 Å². The molecule has 0 N–H and O–H groups in total. The van der Waals surface area contributed by atoms with Crippen LogP contribution in [0.3, 0.4) is 0 Å². The molecule has 0 radical (unpaired) electrons. The number of oxazole rings is 1. The summed E-state index contributed by atoms with van der Waals surface area (Å²) >= 11 is 0. The number of aryl methyl sites for hydroxylation is 2. The normalized spacial score (nSPS) is 16.5. The Labute approximate surface area is 196 Å². The van der Waals surface area contributed by atoms with E-state index < -0.39 is 40.1 Å². The number of hydrogen-bond donors (Lipinski definition) is 0. The van der Waals surface area contributed by atoms with Crippen LogP contribution in [0.15, 0.2) is 39.8 Å². The largest absolute Gasteiger partial charge is 0.422 e. The predicted molar refractivity (Wildman–Crippen MR) is 116 cm³/mol. The Hall–Kier alpha value is -3.56. The standard InChI is InChI=1S/C25H21F5N3O2/c1-5-24(6-2)19(22-33-13(4)31-11-17(33)23(34)35-22)14-10-15(26)20(25(28,29)30)21(27)18(14)16-9-12(3)7-8-32(16)24/h7-11H,5-6H2,1-4H3/q+1. The lowest BCUT2D eigenvalue weighted by atomic mass is 9.74. The molecule has 0 atom stereocenters. The number of rotatable bonds is 2. The van der Waals surface area contributed by atoms with Crippen LogP contribution in [0, 0.1) is 25.5 Å². The van der Waals surface area contributed by atoms with E-state index in [1.165, 1.54) is 10.6 Å². The van der Waals surface area contributed by atoms with Crippen LogP contribution in [0.4, 0.5) is 22.0 Å². The predicted octanol–water partition coefficient (Wildman–Crippen LogP) is 4.60. The molecule has 0 aliphatic carbocycles. The Morgan fingerprint density at radius 1 is 1.14 bits per heavy atom. The first-order valence-electron chi connectivity index (χ1n) is 11.1. The van der Waals surface area contributed by atoms with E-state index in [1.807, 2.05) is 13.8 Å². The number of fused-ring (bicyclic) bond motifs is 4. The molecule has 0 bridgehead atoms. The summed E-state index contributed by atoms with van der Waals surface area (Å²) in [6.07, 6.45) is -1.45. The molecule has 35 heavy (non-hydrogen) atoms. The second-order valence-electron chi connectivity index (χ2n) is 8.76. The summed E-state index contributed by atoms with van der Waals surface area (Å²) in [5, 5.41) is 0. The third kappa shape index (κ3) is 3.01. The lowest BCUT2D eigenvalue weighted by molar-refractivity contribution is -0.741. The molecule has 1 aliphatic rings. The van der Waals surface area contributed by atoms with Crippen LogP contribution in [0.2, 0.25) is 0 Å². The van der Waals surface area contributed by atoms with Crippen LogP contribution in [-0.4, -0.2) is 9.38 Å². The van der Waals surface area contributed by atoms with E-state index >= 15 is 4.39 Å². The molecule has 5 rings (SSSR count). The minimum Gasteiger partial charge on any atom is -0.404 e. The number of pyridine rings is 1. The Balaban J connectivity index is 2.11. The monoisotopic (exact) mass is 490 g/mol. The molecule has 1 aromatic carbocycles. The van der Waals surface area contributed by atoms with Crippen molar-refractivity contribution in [2.45, 2.75) is 52.3 Å². The summed E-state index contributed by atoms with van der Waals surface area (Å²) in [7, 11) is 0. The van der Waals surface area contributed by atoms with Crippen molar-refractivity contribution in [3.63, 3.8) is 0 Å². The summed E-state index contributed by atoms with van der Waals surface area (Å²) in [6, 6.07) is 4.04. The summed E-state index contributed by atoms with van der Waals surface area (Å²) in [5.41, 5.74) is -2.93. The van der Waals surface area contributed by atoms with Gasteiger partial charge in [0.15, 0.2) is 23.1 Å². The molecule has 0 unspecified atom stereocenters. The lowest BCUT2D eigenvalue weighted by Crippen LogP contribution is -2.61. The van der Waals surface area contributed by atoms with Crippen LogP contribution in [0.25, 0.3) is 22.3 Å². The molecule has 0 amide bonds. The first-order chi connectivity index (χ1) is 16.5. The van der Waals surface area contributed by atoms with Crippen LogP contribution in [-0.2, 0) is 11.7 Å². The van der Waals surface area contributed by atoms with Gasteiger partial charge in [-0.25, -0.2) is 18.6 Å². The zero-order valence-electron chi connectivity index (χ0n) is 19.3. The molecular formula is C25H21F5N3O2+. The molecule has 4 heterocycles. The Morgan fingerprint density at radius 3 is 2.46 bits per heavy atom. The van der Waals surface area contributed by atoms with Gasteiger partial charge < -0.3 is 4.42 Å². The van der Waals surface area contributed by atoms with Crippen molar-refractivity contribution in [3.8, 4) is 11.3 Å². The highest BCUT2D eigenvalue weighted by molar-refractivity contribution is 5.84. The van der Waals surface area contributed by atoms with Gasteiger partial charge in [-0.2, -0.15) is 17.7 Å². The van der Waals surface area contributed by atoms with Crippen LogP contribution < -0.4 is 15.7 Å². The summed E-state index contributed by atoms with van der Waals surface area (Å²) in [5.74, 6) is -3.05. The van der Waals surface area contributed by atoms with Gasteiger partial charge in [-0.15, -0.1) is 0 Å².